The van der Waals surface area contributed by atoms with Crippen molar-refractivity contribution in [2.24, 2.45) is 0 Å². The number of aryl methyl sites for hydroxylation is 1. The zero-order valence-electron chi connectivity index (χ0n) is 14.2. The second kappa shape index (κ2) is 8.31. The number of hydrogen-bond acceptors (Lipinski definition) is 4. The second-order valence-corrected chi connectivity index (χ2v) is 6.91. The van der Waals surface area contributed by atoms with Gasteiger partial charge in [-0.25, -0.2) is 0 Å². The highest BCUT2D eigenvalue weighted by atomic mass is 32.1. The highest BCUT2D eigenvalue weighted by Gasteiger charge is 2.10. The molecule has 1 aromatic heterocycles. The van der Waals surface area contributed by atoms with Gasteiger partial charge in [-0.3, -0.25) is 20.4 Å². The molecule has 0 fully saturated rings. The third-order valence-corrected chi connectivity index (χ3v) is 4.62. The molecule has 0 aliphatic carbocycles. The summed E-state index contributed by atoms with van der Waals surface area (Å²) >= 11 is 1.37. The van der Waals surface area contributed by atoms with Crippen molar-refractivity contribution < 1.29 is 14.3 Å². The van der Waals surface area contributed by atoms with Gasteiger partial charge in [0.1, 0.15) is 12.4 Å². The molecule has 0 spiro atoms. The summed E-state index contributed by atoms with van der Waals surface area (Å²) in [5, 5.41) is 0. The summed E-state index contributed by atoms with van der Waals surface area (Å²) in [7, 11) is 0. The molecule has 0 atom stereocenters. The zero-order chi connectivity index (χ0) is 18.4. The highest BCUT2D eigenvalue weighted by Crippen LogP contribution is 2.14. The van der Waals surface area contributed by atoms with Crippen molar-refractivity contribution >= 4 is 23.2 Å². The van der Waals surface area contributed by atoms with Gasteiger partial charge >= 0.3 is 0 Å². The number of para-hydroxylation sites is 1. The lowest BCUT2D eigenvalue weighted by Crippen LogP contribution is -2.41. The van der Waals surface area contributed by atoms with Gasteiger partial charge in [-0.05, 0) is 48.9 Å². The Kier molecular flexibility index (Phi) is 5.66. The Balaban J connectivity index is 1.51. The van der Waals surface area contributed by atoms with Crippen molar-refractivity contribution in [2.45, 2.75) is 13.5 Å². The SMILES string of the molecule is Cc1ccc(C(=O)NNC(=O)c2ccc(COc3ccccc3)cc2)s1. The third kappa shape index (κ3) is 4.70. The number of hydrogen-bond donors (Lipinski definition) is 2. The molecule has 2 aromatic carbocycles. The highest BCUT2D eigenvalue weighted by molar-refractivity contribution is 7.13. The quantitative estimate of drug-likeness (QED) is 0.677. The average molecular weight is 366 g/mol. The number of hydrazine groups is 1. The fourth-order valence-electron chi connectivity index (χ4n) is 2.24. The lowest BCUT2D eigenvalue weighted by molar-refractivity contribution is 0.0849. The molecule has 1 heterocycles. The Morgan fingerprint density at radius 1 is 0.885 bits per heavy atom. The van der Waals surface area contributed by atoms with Crippen LogP contribution in [0.5, 0.6) is 5.75 Å². The van der Waals surface area contributed by atoms with Gasteiger partial charge in [-0.15, -0.1) is 11.3 Å². The summed E-state index contributed by atoms with van der Waals surface area (Å²) in [6.07, 6.45) is 0. The molecule has 26 heavy (non-hydrogen) atoms. The number of benzene rings is 2. The number of ether oxygens (including phenoxy) is 1. The van der Waals surface area contributed by atoms with Crippen LogP contribution in [0, 0.1) is 6.92 Å². The summed E-state index contributed by atoms with van der Waals surface area (Å²) in [5.41, 5.74) is 6.24. The molecule has 0 aliphatic rings. The number of carbonyl (C=O) groups excluding carboxylic acids is 2. The number of thiophene rings is 1. The van der Waals surface area contributed by atoms with E-state index in [0.717, 1.165) is 16.2 Å². The van der Waals surface area contributed by atoms with Crippen molar-refractivity contribution in [3.05, 3.63) is 87.6 Å². The fourth-order valence-corrected chi connectivity index (χ4v) is 3.00. The first-order valence-corrected chi connectivity index (χ1v) is 8.87. The Morgan fingerprint density at radius 3 is 2.23 bits per heavy atom. The predicted octanol–water partition coefficient (Wildman–Crippen LogP) is 3.71. The van der Waals surface area contributed by atoms with Crippen molar-refractivity contribution in [3.63, 3.8) is 0 Å². The van der Waals surface area contributed by atoms with Crippen LogP contribution < -0.4 is 15.6 Å². The molecule has 0 saturated heterocycles. The van der Waals surface area contributed by atoms with E-state index in [2.05, 4.69) is 10.9 Å². The third-order valence-electron chi connectivity index (χ3n) is 3.62. The maximum atomic E-state index is 12.1. The monoisotopic (exact) mass is 366 g/mol. The van der Waals surface area contributed by atoms with Gasteiger partial charge in [0.25, 0.3) is 11.8 Å². The van der Waals surface area contributed by atoms with Crippen LogP contribution in [0.15, 0.2) is 66.7 Å². The maximum absolute atomic E-state index is 12.1. The number of rotatable bonds is 5. The van der Waals surface area contributed by atoms with Crippen LogP contribution in [0.2, 0.25) is 0 Å². The molecule has 0 unspecified atom stereocenters. The lowest BCUT2D eigenvalue weighted by atomic mass is 10.1. The minimum Gasteiger partial charge on any atom is -0.489 e. The molecule has 0 aliphatic heterocycles. The van der Waals surface area contributed by atoms with E-state index in [1.807, 2.05) is 55.5 Å². The van der Waals surface area contributed by atoms with E-state index in [1.54, 1.807) is 18.2 Å². The summed E-state index contributed by atoms with van der Waals surface area (Å²) in [4.78, 5) is 25.6. The molecule has 0 radical (unpaired) electrons. The summed E-state index contributed by atoms with van der Waals surface area (Å²) in [6.45, 7) is 2.34. The van der Waals surface area contributed by atoms with Gasteiger partial charge in [0, 0.05) is 10.4 Å². The number of carbonyl (C=O) groups is 2. The smallest absolute Gasteiger partial charge is 0.279 e. The van der Waals surface area contributed by atoms with Gasteiger partial charge < -0.3 is 4.74 Å². The topological polar surface area (TPSA) is 67.4 Å². The van der Waals surface area contributed by atoms with E-state index >= 15 is 0 Å². The summed E-state index contributed by atoms with van der Waals surface area (Å²) in [5.74, 6) is 0.0901. The molecular weight excluding hydrogens is 348 g/mol. The average Bonchev–Trinajstić information content (AvgIpc) is 3.12. The van der Waals surface area contributed by atoms with Crippen molar-refractivity contribution in [2.75, 3.05) is 0 Å². The Bertz CT molecular complexity index is 889. The van der Waals surface area contributed by atoms with Crippen LogP contribution in [-0.4, -0.2) is 11.8 Å². The van der Waals surface area contributed by atoms with E-state index in [0.29, 0.717) is 17.0 Å². The van der Waals surface area contributed by atoms with Crippen LogP contribution in [0.4, 0.5) is 0 Å². The van der Waals surface area contributed by atoms with Gasteiger partial charge in [0.2, 0.25) is 0 Å². The standard InChI is InChI=1S/C20H18N2O3S/c1-14-7-12-18(26-14)20(24)22-21-19(23)16-10-8-15(9-11-16)13-25-17-5-3-2-4-6-17/h2-12H,13H2,1H3,(H,21,23)(H,22,24). The Hall–Kier alpha value is -3.12. The minimum atomic E-state index is -0.373. The lowest BCUT2D eigenvalue weighted by Gasteiger charge is -2.08. The largest absolute Gasteiger partial charge is 0.489 e. The van der Waals surface area contributed by atoms with E-state index in [-0.39, 0.29) is 11.8 Å². The predicted molar refractivity (Wildman–Crippen MR) is 101 cm³/mol. The normalized spacial score (nSPS) is 10.2. The Labute approximate surface area is 155 Å². The van der Waals surface area contributed by atoms with Crippen LogP contribution >= 0.6 is 11.3 Å². The van der Waals surface area contributed by atoms with Crippen molar-refractivity contribution in [3.8, 4) is 5.75 Å². The summed E-state index contributed by atoms with van der Waals surface area (Å²) in [6, 6.07) is 20.1. The molecular formula is C20H18N2O3S. The van der Waals surface area contributed by atoms with E-state index in [4.69, 9.17) is 4.74 Å². The molecule has 5 nitrogen and oxygen atoms in total. The minimum absolute atomic E-state index is 0.329. The first-order valence-electron chi connectivity index (χ1n) is 8.06. The molecule has 3 rings (SSSR count). The van der Waals surface area contributed by atoms with Crippen LogP contribution in [0.3, 0.4) is 0 Å². The Morgan fingerprint density at radius 2 is 1.58 bits per heavy atom. The molecule has 2 N–H and O–H groups in total. The molecule has 0 bridgehead atoms. The molecule has 6 heteroatoms. The van der Waals surface area contributed by atoms with E-state index in [1.165, 1.54) is 11.3 Å². The molecule has 132 valence electrons. The number of amides is 2. The number of nitrogens with one attached hydrogen (secondary N) is 2. The van der Waals surface area contributed by atoms with Crippen LogP contribution in [-0.2, 0) is 6.61 Å². The first-order chi connectivity index (χ1) is 12.6. The van der Waals surface area contributed by atoms with Crippen LogP contribution in [0.25, 0.3) is 0 Å². The van der Waals surface area contributed by atoms with Gasteiger partial charge in [-0.2, -0.15) is 0 Å². The molecule has 3 aromatic rings. The van der Waals surface area contributed by atoms with Gasteiger partial charge in [0.05, 0.1) is 4.88 Å². The molecule has 2 amide bonds. The van der Waals surface area contributed by atoms with Crippen molar-refractivity contribution in [1.82, 2.24) is 10.9 Å². The zero-order valence-corrected chi connectivity index (χ0v) is 15.0. The van der Waals surface area contributed by atoms with Crippen LogP contribution in [0.1, 0.15) is 30.5 Å². The van der Waals surface area contributed by atoms with Gasteiger partial charge in [-0.1, -0.05) is 30.3 Å². The van der Waals surface area contributed by atoms with E-state index < -0.39 is 0 Å². The fraction of sp³-hybridized carbons (Fsp3) is 0.100. The maximum Gasteiger partial charge on any atom is 0.279 e. The van der Waals surface area contributed by atoms with Gasteiger partial charge in [0.15, 0.2) is 0 Å². The van der Waals surface area contributed by atoms with E-state index in [9.17, 15) is 9.59 Å². The summed E-state index contributed by atoms with van der Waals surface area (Å²) < 4.78 is 5.67. The first kappa shape index (κ1) is 17.7. The second-order valence-electron chi connectivity index (χ2n) is 5.62. The molecule has 0 saturated carbocycles. The van der Waals surface area contributed by atoms with Crippen molar-refractivity contribution in [1.29, 1.82) is 0 Å².